The normalized spacial score (nSPS) is 21.3. The van der Waals surface area contributed by atoms with Crippen molar-refractivity contribution in [1.82, 2.24) is 20.8 Å². The Labute approximate surface area is 136 Å². The maximum Gasteiger partial charge on any atom is 0.315 e. The highest BCUT2D eigenvalue weighted by Crippen LogP contribution is 2.28. The molecule has 124 valence electrons. The first-order valence-corrected chi connectivity index (χ1v) is 9.28. The van der Waals surface area contributed by atoms with E-state index in [2.05, 4.69) is 27.0 Å². The van der Waals surface area contributed by atoms with Crippen LogP contribution in [0.2, 0.25) is 0 Å². The smallest absolute Gasteiger partial charge is 0.315 e. The van der Waals surface area contributed by atoms with E-state index >= 15 is 0 Å². The predicted octanol–water partition coefficient (Wildman–Crippen LogP) is 2.71. The van der Waals surface area contributed by atoms with Gasteiger partial charge >= 0.3 is 6.03 Å². The van der Waals surface area contributed by atoms with Crippen LogP contribution in [0.15, 0.2) is 4.52 Å². The molecule has 1 aliphatic rings. The van der Waals surface area contributed by atoms with Crippen molar-refractivity contribution in [3.05, 3.63) is 11.7 Å². The van der Waals surface area contributed by atoms with Crippen LogP contribution >= 0.6 is 11.8 Å². The fourth-order valence-electron chi connectivity index (χ4n) is 2.64. The van der Waals surface area contributed by atoms with Crippen LogP contribution in [0.3, 0.4) is 0 Å². The molecule has 2 amide bonds. The standard InChI is InChI=1S/C15H26N4O2S/c1-10(2)14-18-13(21-19-14)8-5-9-16-15(20)17-11-6-4-7-12(11)22-3/h10-12H,4-9H2,1-3H3,(H2,16,17,20)/t11-,12-/m1/s1. The van der Waals surface area contributed by atoms with E-state index < -0.39 is 0 Å². The van der Waals surface area contributed by atoms with E-state index in [4.69, 9.17) is 4.52 Å². The lowest BCUT2D eigenvalue weighted by Crippen LogP contribution is -2.44. The number of nitrogens with one attached hydrogen (secondary N) is 2. The maximum atomic E-state index is 11.9. The number of carbonyl (C=O) groups excluding carboxylic acids is 1. The molecular formula is C15H26N4O2S. The summed E-state index contributed by atoms with van der Waals surface area (Å²) >= 11 is 1.84. The van der Waals surface area contributed by atoms with Gasteiger partial charge in [-0.2, -0.15) is 16.7 Å². The van der Waals surface area contributed by atoms with Gasteiger partial charge in [-0.1, -0.05) is 25.4 Å². The number of hydrogen-bond donors (Lipinski definition) is 2. The third kappa shape index (κ3) is 4.90. The van der Waals surface area contributed by atoms with Crippen molar-refractivity contribution in [1.29, 1.82) is 0 Å². The van der Waals surface area contributed by atoms with Gasteiger partial charge in [0.05, 0.1) is 0 Å². The van der Waals surface area contributed by atoms with Crippen LogP contribution in [0.4, 0.5) is 4.79 Å². The van der Waals surface area contributed by atoms with E-state index in [-0.39, 0.29) is 11.9 Å². The molecule has 0 radical (unpaired) electrons. The lowest BCUT2D eigenvalue weighted by molar-refractivity contribution is 0.237. The van der Waals surface area contributed by atoms with Crippen molar-refractivity contribution in [2.75, 3.05) is 12.8 Å². The van der Waals surface area contributed by atoms with E-state index in [1.807, 2.05) is 25.6 Å². The van der Waals surface area contributed by atoms with Crippen molar-refractivity contribution in [3.8, 4) is 0 Å². The lowest BCUT2D eigenvalue weighted by Gasteiger charge is -2.19. The summed E-state index contributed by atoms with van der Waals surface area (Å²) in [6, 6.07) is 0.235. The van der Waals surface area contributed by atoms with Gasteiger partial charge in [-0.3, -0.25) is 0 Å². The Hall–Kier alpha value is -1.24. The molecule has 1 aromatic heterocycles. The topological polar surface area (TPSA) is 80.0 Å². The second-order valence-electron chi connectivity index (χ2n) is 6.02. The molecule has 0 aromatic carbocycles. The number of carbonyl (C=O) groups is 1. The van der Waals surface area contributed by atoms with Gasteiger partial charge in [-0.15, -0.1) is 0 Å². The number of aromatic nitrogens is 2. The fourth-order valence-corrected chi connectivity index (χ4v) is 3.57. The minimum absolute atomic E-state index is 0.0700. The molecule has 0 aliphatic heterocycles. The Morgan fingerprint density at radius 3 is 2.95 bits per heavy atom. The van der Waals surface area contributed by atoms with E-state index in [1.54, 1.807) is 0 Å². The number of hydrogen-bond acceptors (Lipinski definition) is 5. The Bertz CT molecular complexity index is 478. The Kier molecular flexibility index (Phi) is 6.54. The third-order valence-corrected chi connectivity index (χ3v) is 5.09. The molecule has 6 nitrogen and oxygen atoms in total. The number of urea groups is 1. The molecule has 1 fully saturated rings. The quantitative estimate of drug-likeness (QED) is 0.753. The Morgan fingerprint density at radius 2 is 2.27 bits per heavy atom. The highest BCUT2D eigenvalue weighted by molar-refractivity contribution is 7.99. The summed E-state index contributed by atoms with van der Waals surface area (Å²) in [4.78, 5) is 16.2. The summed E-state index contributed by atoms with van der Waals surface area (Å²) in [5.41, 5.74) is 0. The first-order chi connectivity index (χ1) is 10.6. The Balaban J connectivity index is 1.62. The maximum absolute atomic E-state index is 11.9. The van der Waals surface area contributed by atoms with Crippen molar-refractivity contribution in [2.45, 2.75) is 63.2 Å². The summed E-state index contributed by atoms with van der Waals surface area (Å²) < 4.78 is 5.18. The minimum atomic E-state index is -0.0700. The second-order valence-corrected chi connectivity index (χ2v) is 7.09. The van der Waals surface area contributed by atoms with Gasteiger partial charge in [0.25, 0.3) is 0 Å². The molecule has 1 saturated carbocycles. The summed E-state index contributed by atoms with van der Waals surface area (Å²) in [5.74, 6) is 1.66. The average molecular weight is 326 g/mol. The highest BCUT2D eigenvalue weighted by Gasteiger charge is 2.27. The lowest BCUT2D eigenvalue weighted by atomic mass is 10.2. The van der Waals surface area contributed by atoms with Gasteiger partial charge in [-0.05, 0) is 25.5 Å². The van der Waals surface area contributed by atoms with Gasteiger partial charge in [0.2, 0.25) is 5.89 Å². The van der Waals surface area contributed by atoms with Crippen LogP contribution < -0.4 is 10.6 Å². The zero-order chi connectivity index (χ0) is 15.9. The monoisotopic (exact) mass is 326 g/mol. The van der Waals surface area contributed by atoms with Crippen LogP contribution in [0.1, 0.15) is 57.2 Å². The van der Waals surface area contributed by atoms with Crippen molar-refractivity contribution in [3.63, 3.8) is 0 Å². The number of amides is 2. The molecule has 0 bridgehead atoms. The van der Waals surface area contributed by atoms with E-state index in [1.165, 1.54) is 12.8 Å². The fraction of sp³-hybridized carbons (Fsp3) is 0.800. The van der Waals surface area contributed by atoms with Gasteiger partial charge < -0.3 is 15.2 Å². The number of aryl methyl sites for hydroxylation is 1. The molecule has 1 aromatic rings. The molecule has 1 aliphatic carbocycles. The van der Waals surface area contributed by atoms with E-state index in [0.29, 0.717) is 30.1 Å². The number of rotatable bonds is 7. The van der Waals surface area contributed by atoms with E-state index in [9.17, 15) is 4.79 Å². The van der Waals surface area contributed by atoms with Crippen LogP contribution in [-0.4, -0.2) is 40.3 Å². The predicted molar refractivity (Wildman–Crippen MR) is 88.2 cm³/mol. The van der Waals surface area contributed by atoms with Crippen LogP contribution in [0.5, 0.6) is 0 Å². The third-order valence-electron chi connectivity index (χ3n) is 3.92. The van der Waals surface area contributed by atoms with Crippen molar-refractivity contribution < 1.29 is 9.32 Å². The first kappa shape index (κ1) is 17.1. The van der Waals surface area contributed by atoms with E-state index in [0.717, 1.165) is 18.7 Å². The van der Waals surface area contributed by atoms with Crippen LogP contribution in [-0.2, 0) is 6.42 Å². The van der Waals surface area contributed by atoms with Crippen molar-refractivity contribution in [2.24, 2.45) is 0 Å². The minimum Gasteiger partial charge on any atom is -0.339 e. The molecule has 1 heterocycles. The molecule has 2 N–H and O–H groups in total. The van der Waals surface area contributed by atoms with Gasteiger partial charge in [0.15, 0.2) is 5.82 Å². The molecule has 2 atom stereocenters. The van der Waals surface area contributed by atoms with Crippen molar-refractivity contribution >= 4 is 17.8 Å². The molecule has 7 heteroatoms. The van der Waals surface area contributed by atoms with Crippen LogP contribution in [0, 0.1) is 0 Å². The second kappa shape index (κ2) is 8.41. The largest absolute Gasteiger partial charge is 0.339 e. The number of nitrogens with zero attached hydrogens (tertiary/aromatic N) is 2. The number of thioether (sulfide) groups is 1. The summed E-state index contributed by atoms with van der Waals surface area (Å²) in [6.45, 7) is 4.68. The van der Waals surface area contributed by atoms with Gasteiger partial charge in [0.1, 0.15) is 0 Å². The summed E-state index contributed by atoms with van der Waals surface area (Å²) in [6.07, 6.45) is 7.07. The molecular weight excluding hydrogens is 300 g/mol. The first-order valence-electron chi connectivity index (χ1n) is 7.99. The molecule has 0 unspecified atom stereocenters. The average Bonchev–Trinajstić information content (AvgIpc) is 3.12. The van der Waals surface area contributed by atoms with Crippen LogP contribution in [0.25, 0.3) is 0 Å². The molecule has 0 saturated heterocycles. The SMILES string of the molecule is CS[C@@H]1CCC[C@H]1NC(=O)NCCCc1nc(C(C)C)no1. The van der Waals surface area contributed by atoms with Gasteiger partial charge in [-0.25, -0.2) is 4.79 Å². The summed E-state index contributed by atoms with van der Waals surface area (Å²) in [7, 11) is 0. The molecule has 0 spiro atoms. The molecule has 2 rings (SSSR count). The molecule has 22 heavy (non-hydrogen) atoms. The zero-order valence-electron chi connectivity index (χ0n) is 13.6. The summed E-state index contributed by atoms with van der Waals surface area (Å²) in [5, 5.41) is 10.5. The Morgan fingerprint density at radius 1 is 1.45 bits per heavy atom. The highest BCUT2D eigenvalue weighted by atomic mass is 32.2. The zero-order valence-corrected chi connectivity index (χ0v) is 14.4. The van der Waals surface area contributed by atoms with Gasteiger partial charge in [0, 0.05) is 30.2 Å².